The van der Waals surface area contributed by atoms with Crippen molar-refractivity contribution in [1.29, 1.82) is 0 Å². The molecule has 0 bridgehead atoms. The molecule has 80 valence electrons. The Hall–Kier alpha value is -1.61. The zero-order valence-electron chi connectivity index (χ0n) is 8.86. The Morgan fingerprint density at radius 1 is 1.60 bits per heavy atom. The van der Waals surface area contributed by atoms with Gasteiger partial charge in [0.2, 0.25) is 0 Å². The van der Waals surface area contributed by atoms with Crippen molar-refractivity contribution in [2.24, 2.45) is 0 Å². The molecule has 0 fully saturated rings. The summed E-state index contributed by atoms with van der Waals surface area (Å²) < 4.78 is 4.60. The Morgan fingerprint density at radius 2 is 2.27 bits per heavy atom. The summed E-state index contributed by atoms with van der Waals surface area (Å²) >= 11 is 0. The average Bonchev–Trinajstić information content (AvgIpc) is 2.26. The van der Waals surface area contributed by atoms with Gasteiger partial charge in [-0.25, -0.2) is 4.79 Å². The van der Waals surface area contributed by atoms with E-state index in [0.717, 1.165) is 11.1 Å². The number of aliphatic hydroxyl groups is 1. The van der Waals surface area contributed by atoms with Crippen molar-refractivity contribution in [3.63, 3.8) is 0 Å². The summed E-state index contributed by atoms with van der Waals surface area (Å²) in [7, 11) is 1.34. The average molecular weight is 206 g/mol. The molecule has 0 aromatic heterocycles. The van der Waals surface area contributed by atoms with Gasteiger partial charge in [0.1, 0.15) is 0 Å². The first-order valence-corrected chi connectivity index (χ1v) is 4.59. The summed E-state index contributed by atoms with van der Waals surface area (Å²) in [5.74, 6) is -0.377. The van der Waals surface area contributed by atoms with Crippen LogP contribution in [0.25, 0.3) is 0 Å². The van der Waals surface area contributed by atoms with Crippen LogP contribution in [0.5, 0.6) is 0 Å². The SMILES string of the molecule is C=CC(O)c1ccc(C(=O)OC)cc1C. The Kier molecular flexibility index (Phi) is 3.63. The van der Waals surface area contributed by atoms with E-state index in [-0.39, 0.29) is 5.97 Å². The minimum Gasteiger partial charge on any atom is -0.465 e. The molecule has 0 saturated heterocycles. The van der Waals surface area contributed by atoms with Gasteiger partial charge in [0, 0.05) is 0 Å². The van der Waals surface area contributed by atoms with Gasteiger partial charge in [-0.05, 0) is 30.2 Å². The van der Waals surface area contributed by atoms with Crippen LogP contribution in [-0.2, 0) is 4.74 Å². The van der Waals surface area contributed by atoms with E-state index in [9.17, 15) is 9.90 Å². The van der Waals surface area contributed by atoms with E-state index in [1.165, 1.54) is 13.2 Å². The fraction of sp³-hybridized carbons (Fsp3) is 0.250. The largest absolute Gasteiger partial charge is 0.465 e. The number of carbonyl (C=O) groups excluding carboxylic acids is 1. The van der Waals surface area contributed by atoms with Crippen molar-refractivity contribution in [3.8, 4) is 0 Å². The Morgan fingerprint density at radius 3 is 2.73 bits per heavy atom. The number of esters is 1. The summed E-state index contributed by atoms with van der Waals surface area (Å²) in [6.45, 7) is 5.34. The number of hydrogen-bond donors (Lipinski definition) is 1. The molecule has 1 atom stereocenters. The first-order valence-electron chi connectivity index (χ1n) is 4.59. The summed E-state index contributed by atoms with van der Waals surface area (Å²) in [6.07, 6.45) is 0.747. The van der Waals surface area contributed by atoms with Crippen LogP contribution in [0.4, 0.5) is 0 Å². The molecule has 0 radical (unpaired) electrons. The topological polar surface area (TPSA) is 46.5 Å². The molecule has 0 aliphatic heterocycles. The second-order valence-electron chi connectivity index (χ2n) is 3.24. The quantitative estimate of drug-likeness (QED) is 0.607. The third kappa shape index (κ3) is 2.44. The van der Waals surface area contributed by atoms with Gasteiger partial charge in [0.25, 0.3) is 0 Å². The highest BCUT2D eigenvalue weighted by Gasteiger charge is 2.10. The molecule has 15 heavy (non-hydrogen) atoms. The Bertz CT molecular complexity index is 382. The summed E-state index contributed by atoms with van der Waals surface area (Å²) in [4.78, 5) is 11.2. The van der Waals surface area contributed by atoms with Crippen molar-refractivity contribution in [1.82, 2.24) is 0 Å². The van der Waals surface area contributed by atoms with Crippen LogP contribution in [0.3, 0.4) is 0 Å². The van der Waals surface area contributed by atoms with E-state index in [1.807, 2.05) is 6.92 Å². The van der Waals surface area contributed by atoms with Gasteiger partial charge in [-0.3, -0.25) is 0 Å². The lowest BCUT2D eigenvalue weighted by Gasteiger charge is -2.10. The third-order valence-electron chi connectivity index (χ3n) is 2.23. The number of aryl methyl sites for hydroxylation is 1. The molecule has 1 rings (SSSR count). The van der Waals surface area contributed by atoms with Gasteiger partial charge in [0.15, 0.2) is 0 Å². The first-order chi connectivity index (χ1) is 7.10. The molecule has 3 heteroatoms. The fourth-order valence-electron chi connectivity index (χ4n) is 1.38. The molecule has 0 aliphatic rings. The van der Waals surface area contributed by atoms with Gasteiger partial charge in [-0.1, -0.05) is 12.1 Å². The molecule has 1 aromatic rings. The van der Waals surface area contributed by atoms with Gasteiger partial charge < -0.3 is 9.84 Å². The maximum atomic E-state index is 11.2. The monoisotopic (exact) mass is 206 g/mol. The van der Waals surface area contributed by atoms with Gasteiger partial charge in [-0.15, -0.1) is 6.58 Å². The molecule has 1 N–H and O–H groups in total. The number of rotatable bonds is 3. The molecular weight excluding hydrogens is 192 g/mol. The first kappa shape index (κ1) is 11.5. The fourth-order valence-corrected chi connectivity index (χ4v) is 1.38. The van der Waals surface area contributed by atoms with Gasteiger partial charge in [-0.2, -0.15) is 0 Å². The second-order valence-corrected chi connectivity index (χ2v) is 3.24. The summed E-state index contributed by atoms with van der Waals surface area (Å²) in [6, 6.07) is 5.02. The standard InChI is InChI=1S/C12H14O3/c1-4-11(13)10-6-5-9(7-8(10)2)12(14)15-3/h4-7,11,13H,1H2,2-3H3. The number of methoxy groups -OCH3 is 1. The molecule has 1 unspecified atom stereocenters. The van der Waals surface area contributed by atoms with E-state index >= 15 is 0 Å². The van der Waals surface area contributed by atoms with Crippen molar-refractivity contribution in [2.45, 2.75) is 13.0 Å². The van der Waals surface area contributed by atoms with Crippen LogP contribution in [0.2, 0.25) is 0 Å². The maximum absolute atomic E-state index is 11.2. The normalized spacial score (nSPS) is 11.9. The van der Waals surface area contributed by atoms with Crippen LogP contribution in [0, 0.1) is 6.92 Å². The number of aliphatic hydroxyl groups excluding tert-OH is 1. The molecule has 1 aromatic carbocycles. The van der Waals surface area contributed by atoms with Crippen LogP contribution >= 0.6 is 0 Å². The number of carbonyl (C=O) groups is 1. The van der Waals surface area contributed by atoms with Crippen LogP contribution in [0.15, 0.2) is 30.9 Å². The molecule has 0 amide bonds. The minimum atomic E-state index is -0.698. The van der Waals surface area contributed by atoms with E-state index in [2.05, 4.69) is 11.3 Å². The summed E-state index contributed by atoms with van der Waals surface area (Å²) in [5.41, 5.74) is 2.07. The third-order valence-corrected chi connectivity index (χ3v) is 2.23. The van der Waals surface area contributed by atoms with Crippen LogP contribution in [-0.4, -0.2) is 18.2 Å². The van der Waals surface area contributed by atoms with Crippen molar-refractivity contribution >= 4 is 5.97 Å². The van der Waals surface area contributed by atoms with E-state index < -0.39 is 6.10 Å². The maximum Gasteiger partial charge on any atom is 0.337 e. The second kappa shape index (κ2) is 4.75. The Labute approximate surface area is 89.0 Å². The van der Waals surface area contributed by atoms with Crippen molar-refractivity contribution in [3.05, 3.63) is 47.5 Å². The van der Waals surface area contributed by atoms with E-state index in [0.29, 0.717) is 5.56 Å². The minimum absolute atomic E-state index is 0.377. The van der Waals surface area contributed by atoms with Gasteiger partial charge in [0.05, 0.1) is 18.8 Å². The zero-order chi connectivity index (χ0) is 11.4. The summed E-state index contributed by atoms with van der Waals surface area (Å²) in [5, 5.41) is 9.56. The number of benzene rings is 1. The molecular formula is C12H14O3. The number of ether oxygens (including phenoxy) is 1. The smallest absolute Gasteiger partial charge is 0.337 e. The predicted octanol–water partition coefficient (Wildman–Crippen LogP) is 2.00. The lowest BCUT2D eigenvalue weighted by Crippen LogP contribution is -2.03. The lowest BCUT2D eigenvalue weighted by atomic mass is 10.0. The van der Waals surface area contributed by atoms with E-state index in [1.54, 1.807) is 18.2 Å². The van der Waals surface area contributed by atoms with Gasteiger partial charge >= 0.3 is 5.97 Å². The lowest BCUT2D eigenvalue weighted by molar-refractivity contribution is 0.0600. The Balaban J connectivity index is 3.08. The molecule has 3 nitrogen and oxygen atoms in total. The number of hydrogen-bond acceptors (Lipinski definition) is 3. The van der Waals surface area contributed by atoms with E-state index in [4.69, 9.17) is 0 Å². The molecule has 0 aliphatic carbocycles. The van der Waals surface area contributed by atoms with Crippen molar-refractivity contribution in [2.75, 3.05) is 7.11 Å². The highest BCUT2D eigenvalue weighted by atomic mass is 16.5. The highest BCUT2D eigenvalue weighted by Crippen LogP contribution is 2.19. The highest BCUT2D eigenvalue weighted by molar-refractivity contribution is 5.89. The van der Waals surface area contributed by atoms with Crippen molar-refractivity contribution < 1.29 is 14.6 Å². The predicted molar refractivity (Wildman–Crippen MR) is 57.7 cm³/mol. The molecule has 0 saturated carbocycles. The van der Waals surface area contributed by atoms with Crippen LogP contribution < -0.4 is 0 Å². The van der Waals surface area contributed by atoms with Crippen LogP contribution in [0.1, 0.15) is 27.6 Å². The molecule has 0 spiro atoms. The molecule has 0 heterocycles. The zero-order valence-corrected chi connectivity index (χ0v) is 8.86.